The van der Waals surface area contributed by atoms with Gasteiger partial charge in [0, 0.05) is 24.8 Å². The van der Waals surface area contributed by atoms with E-state index in [1.165, 1.54) is 17.5 Å². The van der Waals surface area contributed by atoms with Gasteiger partial charge >= 0.3 is 0 Å². The molecule has 0 amide bonds. The van der Waals surface area contributed by atoms with Crippen LogP contribution in [0.4, 0.5) is 5.69 Å². The topological polar surface area (TPSA) is 29.9 Å². The minimum Gasteiger partial charge on any atom is -0.384 e. The van der Waals surface area contributed by atoms with Gasteiger partial charge in [-0.1, -0.05) is 56.7 Å². The second-order valence-corrected chi connectivity index (χ2v) is 5.93. The molecular formula is C19H23N3. The minimum atomic E-state index is 0.659. The highest BCUT2D eigenvalue weighted by Gasteiger charge is 2.14. The number of nitrogens with one attached hydrogen (secondary N) is 1. The molecule has 1 aromatic heterocycles. The van der Waals surface area contributed by atoms with Crippen molar-refractivity contribution in [1.82, 2.24) is 9.78 Å². The van der Waals surface area contributed by atoms with Crippen LogP contribution in [0.5, 0.6) is 0 Å². The maximum Gasteiger partial charge on any atom is 0.102 e. The molecule has 1 heterocycles. The lowest BCUT2D eigenvalue weighted by atomic mass is 10.1. The molecule has 0 aliphatic rings. The molecule has 22 heavy (non-hydrogen) atoms. The third kappa shape index (κ3) is 2.71. The summed E-state index contributed by atoms with van der Waals surface area (Å²) in [5.74, 6) is 0.659. The van der Waals surface area contributed by atoms with Crippen LogP contribution >= 0.6 is 0 Å². The third-order valence-corrected chi connectivity index (χ3v) is 4.26. The molecule has 114 valence electrons. The summed E-state index contributed by atoms with van der Waals surface area (Å²) in [5.41, 5.74) is 4.54. The molecule has 3 aromatic rings. The van der Waals surface area contributed by atoms with E-state index in [0.29, 0.717) is 5.92 Å². The molecule has 2 aromatic carbocycles. The van der Waals surface area contributed by atoms with Crippen LogP contribution in [-0.4, -0.2) is 16.3 Å². The SMILES string of the molecule is CCC(C)CNc1cccc2c1c(-c1ccccc1)nn2C. The summed E-state index contributed by atoms with van der Waals surface area (Å²) in [6.45, 7) is 5.49. The van der Waals surface area contributed by atoms with Crippen molar-refractivity contribution < 1.29 is 0 Å². The zero-order valence-electron chi connectivity index (χ0n) is 13.5. The lowest BCUT2D eigenvalue weighted by molar-refractivity contribution is 0.594. The Labute approximate surface area is 132 Å². The maximum atomic E-state index is 4.74. The van der Waals surface area contributed by atoms with Crippen molar-refractivity contribution in [2.24, 2.45) is 13.0 Å². The number of anilines is 1. The highest BCUT2D eigenvalue weighted by atomic mass is 15.3. The monoisotopic (exact) mass is 293 g/mol. The molecule has 1 N–H and O–H groups in total. The number of aromatic nitrogens is 2. The molecule has 0 spiro atoms. The number of rotatable bonds is 5. The standard InChI is InChI=1S/C19H23N3/c1-4-14(2)13-20-16-11-8-12-17-18(16)19(21-22(17)3)15-9-6-5-7-10-15/h5-12,14,20H,4,13H2,1-3H3. The van der Waals surface area contributed by atoms with E-state index in [1.54, 1.807) is 0 Å². The number of aryl methyl sites for hydroxylation is 1. The number of nitrogens with zero attached hydrogens (tertiary/aromatic N) is 2. The Morgan fingerprint density at radius 1 is 1.09 bits per heavy atom. The van der Waals surface area contributed by atoms with Crippen molar-refractivity contribution in [3.8, 4) is 11.3 Å². The van der Waals surface area contributed by atoms with Crippen LogP contribution in [0.1, 0.15) is 20.3 Å². The van der Waals surface area contributed by atoms with Gasteiger partial charge in [-0.15, -0.1) is 0 Å². The highest BCUT2D eigenvalue weighted by molar-refractivity contribution is 6.02. The summed E-state index contributed by atoms with van der Waals surface area (Å²) < 4.78 is 1.96. The second-order valence-electron chi connectivity index (χ2n) is 5.93. The summed E-state index contributed by atoms with van der Waals surface area (Å²) in [5, 5.41) is 9.56. The molecule has 0 saturated heterocycles. The normalized spacial score (nSPS) is 12.5. The molecule has 3 heteroatoms. The zero-order chi connectivity index (χ0) is 15.5. The molecule has 0 aliphatic carbocycles. The van der Waals surface area contributed by atoms with E-state index < -0.39 is 0 Å². The molecule has 0 aliphatic heterocycles. The predicted molar refractivity (Wildman–Crippen MR) is 94.1 cm³/mol. The van der Waals surface area contributed by atoms with E-state index in [1.807, 2.05) is 17.8 Å². The molecule has 0 radical (unpaired) electrons. The van der Waals surface area contributed by atoms with Crippen LogP contribution in [0.3, 0.4) is 0 Å². The molecule has 3 nitrogen and oxygen atoms in total. The van der Waals surface area contributed by atoms with Crippen LogP contribution in [0.25, 0.3) is 22.2 Å². The van der Waals surface area contributed by atoms with Crippen LogP contribution in [0.15, 0.2) is 48.5 Å². The number of hydrogen-bond acceptors (Lipinski definition) is 2. The summed E-state index contributed by atoms with van der Waals surface area (Å²) in [6, 6.07) is 16.8. The van der Waals surface area contributed by atoms with Crippen molar-refractivity contribution in [1.29, 1.82) is 0 Å². The van der Waals surface area contributed by atoms with Crippen molar-refractivity contribution in [2.45, 2.75) is 20.3 Å². The lowest BCUT2D eigenvalue weighted by Gasteiger charge is -2.13. The molecule has 0 fully saturated rings. The van der Waals surface area contributed by atoms with E-state index >= 15 is 0 Å². The first kappa shape index (κ1) is 14.6. The van der Waals surface area contributed by atoms with Crippen molar-refractivity contribution in [3.05, 3.63) is 48.5 Å². The highest BCUT2D eigenvalue weighted by Crippen LogP contribution is 2.33. The first-order chi connectivity index (χ1) is 10.7. The Bertz CT molecular complexity index is 759. The number of hydrogen-bond donors (Lipinski definition) is 1. The average molecular weight is 293 g/mol. The van der Waals surface area contributed by atoms with Crippen molar-refractivity contribution in [2.75, 3.05) is 11.9 Å². The van der Waals surface area contributed by atoms with Gasteiger partial charge in [-0.2, -0.15) is 5.10 Å². The van der Waals surface area contributed by atoms with Crippen LogP contribution in [-0.2, 0) is 7.05 Å². The van der Waals surface area contributed by atoms with Gasteiger partial charge in [0.1, 0.15) is 5.69 Å². The molecule has 0 bridgehead atoms. The van der Waals surface area contributed by atoms with Crippen molar-refractivity contribution in [3.63, 3.8) is 0 Å². The van der Waals surface area contributed by atoms with Crippen molar-refractivity contribution >= 4 is 16.6 Å². The van der Waals surface area contributed by atoms with Gasteiger partial charge in [-0.3, -0.25) is 4.68 Å². The Balaban J connectivity index is 2.09. The molecule has 0 saturated carbocycles. The molecule has 3 rings (SSSR count). The van der Waals surface area contributed by atoms with E-state index in [2.05, 4.69) is 61.6 Å². The first-order valence-corrected chi connectivity index (χ1v) is 7.95. The van der Waals surface area contributed by atoms with Gasteiger partial charge in [-0.25, -0.2) is 0 Å². The quantitative estimate of drug-likeness (QED) is 0.739. The van der Waals surface area contributed by atoms with Crippen LogP contribution in [0.2, 0.25) is 0 Å². The number of benzene rings is 2. The van der Waals surface area contributed by atoms with E-state index in [-0.39, 0.29) is 0 Å². The fourth-order valence-corrected chi connectivity index (χ4v) is 2.69. The fourth-order valence-electron chi connectivity index (χ4n) is 2.69. The predicted octanol–water partition coefficient (Wildman–Crippen LogP) is 4.70. The zero-order valence-corrected chi connectivity index (χ0v) is 13.5. The Morgan fingerprint density at radius 2 is 1.86 bits per heavy atom. The molecule has 1 unspecified atom stereocenters. The maximum absolute atomic E-state index is 4.74. The summed E-state index contributed by atoms with van der Waals surface area (Å²) in [7, 11) is 2.01. The van der Waals surface area contributed by atoms with Crippen LogP contribution in [0, 0.1) is 5.92 Å². The smallest absolute Gasteiger partial charge is 0.102 e. The second kappa shape index (κ2) is 6.22. The van der Waals surface area contributed by atoms with Gasteiger partial charge in [0.15, 0.2) is 0 Å². The van der Waals surface area contributed by atoms with Gasteiger partial charge < -0.3 is 5.32 Å². The molecule has 1 atom stereocenters. The van der Waals surface area contributed by atoms with Gasteiger partial charge in [0.25, 0.3) is 0 Å². The summed E-state index contributed by atoms with van der Waals surface area (Å²) in [4.78, 5) is 0. The van der Waals surface area contributed by atoms with E-state index in [0.717, 1.165) is 23.3 Å². The first-order valence-electron chi connectivity index (χ1n) is 7.95. The van der Waals surface area contributed by atoms with Crippen LogP contribution < -0.4 is 5.32 Å². The summed E-state index contributed by atoms with van der Waals surface area (Å²) >= 11 is 0. The fraction of sp³-hybridized carbons (Fsp3) is 0.316. The Morgan fingerprint density at radius 3 is 2.59 bits per heavy atom. The number of fused-ring (bicyclic) bond motifs is 1. The van der Waals surface area contributed by atoms with Gasteiger partial charge in [0.2, 0.25) is 0 Å². The van der Waals surface area contributed by atoms with E-state index in [9.17, 15) is 0 Å². The van der Waals surface area contributed by atoms with Gasteiger partial charge in [0.05, 0.1) is 10.9 Å². The van der Waals surface area contributed by atoms with Gasteiger partial charge in [-0.05, 0) is 18.1 Å². The Hall–Kier alpha value is -2.29. The average Bonchev–Trinajstić information content (AvgIpc) is 2.91. The van der Waals surface area contributed by atoms with E-state index in [4.69, 9.17) is 5.10 Å². The largest absolute Gasteiger partial charge is 0.384 e. The minimum absolute atomic E-state index is 0.659. The Kier molecular flexibility index (Phi) is 4.14. The lowest BCUT2D eigenvalue weighted by Crippen LogP contribution is -2.10. The third-order valence-electron chi connectivity index (χ3n) is 4.26. The molecular weight excluding hydrogens is 270 g/mol. The summed E-state index contributed by atoms with van der Waals surface area (Å²) in [6.07, 6.45) is 1.18.